The summed E-state index contributed by atoms with van der Waals surface area (Å²) in [6.07, 6.45) is 0. The van der Waals surface area contributed by atoms with Gasteiger partial charge in [0.2, 0.25) is 0 Å². The molecular weight excluding hydrogens is 152 g/mol. The van der Waals surface area contributed by atoms with Crippen LogP contribution in [0, 0.1) is 24.4 Å². The van der Waals surface area contributed by atoms with Crippen LogP contribution in [-0.2, 0) is 0 Å². The zero-order valence-electron chi connectivity index (χ0n) is 6.21. The second kappa shape index (κ2) is 2.60. The molecule has 1 rings (SSSR count). The minimum Gasteiger partial charge on any atom is -0.207 e. The van der Waals surface area contributed by atoms with Gasteiger partial charge in [0.05, 0.1) is 0 Å². The second-order valence-electron chi connectivity index (χ2n) is 2.43. The van der Waals surface area contributed by atoms with Gasteiger partial charge in [0.1, 0.15) is 13.7 Å². The Morgan fingerprint density at radius 2 is 1.73 bits per heavy atom. The summed E-state index contributed by atoms with van der Waals surface area (Å²) in [5, 5.41) is 0. The maximum atomic E-state index is 12.6. The molecule has 0 aliphatic heterocycles. The third kappa shape index (κ3) is 1.25. The predicted octanol–water partition coefficient (Wildman–Crippen LogP) is 0.671. The van der Waals surface area contributed by atoms with Crippen molar-refractivity contribution in [3.8, 4) is 0 Å². The highest BCUT2D eigenvalue weighted by atomic mass is 19.2. The molecule has 0 heterocycles. The number of rotatable bonds is 0. The molecule has 0 nitrogen and oxygen atoms in total. The summed E-state index contributed by atoms with van der Waals surface area (Å²) >= 11 is 0. The summed E-state index contributed by atoms with van der Waals surface area (Å²) in [4.78, 5) is 0. The molecule has 11 heavy (non-hydrogen) atoms. The fourth-order valence-electron chi connectivity index (χ4n) is 0.804. The van der Waals surface area contributed by atoms with Crippen LogP contribution in [0.3, 0.4) is 0 Å². The van der Waals surface area contributed by atoms with Crippen LogP contribution in [0.5, 0.6) is 0 Å². The number of hydrogen-bond acceptors (Lipinski definition) is 0. The monoisotopic (exact) mass is 158 g/mol. The van der Waals surface area contributed by atoms with E-state index >= 15 is 0 Å². The lowest BCUT2D eigenvalue weighted by molar-refractivity contribution is 0.492. The molecule has 0 radical (unpaired) electrons. The molecule has 0 spiro atoms. The summed E-state index contributed by atoms with van der Waals surface area (Å²) in [7, 11) is 1.32. The van der Waals surface area contributed by atoms with E-state index in [4.69, 9.17) is 0 Å². The molecule has 0 fully saturated rings. The van der Waals surface area contributed by atoms with Crippen molar-refractivity contribution >= 4 is 13.3 Å². The lowest BCUT2D eigenvalue weighted by Crippen LogP contribution is -2.13. The molecule has 0 bridgehead atoms. The molecule has 0 saturated heterocycles. The number of benzene rings is 1. The van der Waals surface area contributed by atoms with Gasteiger partial charge < -0.3 is 0 Å². The Hall–Kier alpha value is -0.925. The van der Waals surface area contributed by atoms with E-state index < -0.39 is 17.5 Å². The molecule has 0 saturated carbocycles. The minimum absolute atomic E-state index is 0.00870. The largest absolute Gasteiger partial charge is 0.207 e. The number of halogens is 3. The Morgan fingerprint density at radius 3 is 2.27 bits per heavy atom. The summed E-state index contributed by atoms with van der Waals surface area (Å²) in [6, 6.07) is 0.980. The molecule has 1 aromatic carbocycles. The van der Waals surface area contributed by atoms with Gasteiger partial charge in [-0.15, -0.1) is 0 Å². The highest BCUT2D eigenvalue weighted by Crippen LogP contribution is 2.11. The Kier molecular flexibility index (Phi) is 1.93. The maximum absolute atomic E-state index is 12.6. The van der Waals surface area contributed by atoms with Crippen molar-refractivity contribution in [2.45, 2.75) is 6.92 Å². The third-order valence-electron chi connectivity index (χ3n) is 1.57. The van der Waals surface area contributed by atoms with Gasteiger partial charge in [-0.2, -0.15) is 0 Å². The van der Waals surface area contributed by atoms with E-state index in [1.807, 2.05) is 0 Å². The first-order valence-corrected chi connectivity index (χ1v) is 3.14. The van der Waals surface area contributed by atoms with Gasteiger partial charge in [-0.1, -0.05) is 0 Å². The first-order chi connectivity index (χ1) is 5.04. The molecule has 0 atom stereocenters. The Balaban J connectivity index is 3.46. The van der Waals surface area contributed by atoms with Gasteiger partial charge in [0.25, 0.3) is 0 Å². The molecule has 0 unspecified atom stereocenters. The molecule has 4 heteroatoms. The quantitative estimate of drug-likeness (QED) is 0.384. The molecule has 0 amide bonds. The summed E-state index contributed by atoms with van der Waals surface area (Å²) < 4.78 is 37.9. The normalized spacial score (nSPS) is 10.2. The fraction of sp³-hybridized carbons (Fsp3) is 0.143. The van der Waals surface area contributed by atoms with E-state index in [0.717, 1.165) is 6.07 Å². The predicted molar refractivity (Wildman–Crippen MR) is 39.2 cm³/mol. The molecule has 0 aliphatic carbocycles. The van der Waals surface area contributed by atoms with Gasteiger partial charge in [0.15, 0.2) is 11.6 Å². The molecule has 58 valence electrons. The van der Waals surface area contributed by atoms with Crippen molar-refractivity contribution in [1.82, 2.24) is 0 Å². The van der Waals surface area contributed by atoms with Crippen LogP contribution in [0.4, 0.5) is 13.2 Å². The third-order valence-corrected chi connectivity index (χ3v) is 1.57. The smallest absolute Gasteiger partial charge is 0.164 e. The van der Waals surface area contributed by atoms with Crippen molar-refractivity contribution in [3.63, 3.8) is 0 Å². The molecule has 0 aromatic heterocycles. The second-order valence-corrected chi connectivity index (χ2v) is 2.43. The topological polar surface area (TPSA) is 0 Å². The van der Waals surface area contributed by atoms with Crippen molar-refractivity contribution in [2.24, 2.45) is 0 Å². The van der Waals surface area contributed by atoms with Gasteiger partial charge in [-0.3, -0.25) is 0 Å². The average molecular weight is 158 g/mol. The van der Waals surface area contributed by atoms with Crippen molar-refractivity contribution < 1.29 is 13.2 Å². The molecule has 0 aliphatic rings. The summed E-state index contributed by atoms with van der Waals surface area (Å²) in [5.41, 5.74) is -0.279. The maximum Gasteiger partial charge on any atom is 0.164 e. The zero-order chi connectivity index (χ0) is 8.59. The first-order valence-electron chi connectivity index (χ1n) is 3.14. The molecule has 1 aromatic rings. The van der Waals surface area contributed by atoms with E-state index in [1.165, 1.54) is 14.8 Å². The Bertz CT molecular complexity index is 270. The molecular formula is C7H6BF3. The fourth-order valence-corrected chi connectivity index (χ4v) is 0.804. The van der Waals surface area contributed by atoms with E-state index in [0.29, 0.717) is 0 Å². The standard InChI is InChI=1S/C7H6BF3/c1-3-5(9)2-4(8)7(11)6(3)10/h2H,8H2,1H3. The minimum atomic E-state index is -1.09. The van der Waals surface area contributed by atoms with Crippen molar-refractivity contribution in [1.29, 1.82) is 0 Å². The summed E-state index contributed by atoms with van der Waals surface area (Å²) in [5.74, 6) is -2.77. The Morgan fingerprint density at radius 1 is 1.18 bits per heavy atom. The Labute approximate surface area is 63.4 Å². The van der Waals surface area contributed by atoms with E-state index in [-0.39, 0.29) is 11.0 Å². The van der Waals surface area contributed by atoms with Gasteiger partial charge >= 0.3 is 0 Å². The van der Waals surface area contributed by atoms with Crippen molar-refractivity contribution in [3.05, 3.63) is 29.1 Å². The van der Waals surface area contributed by atoms with Crippen LogP contribution in [0.2, 0.25) is 0 Å². The van der Waals surface area contributed by atoms with Crippen LogP contribution in [-0.4, -0.2) is 7.85 Å². The summed E-state index contributed by atoms with van der Waals surface area (Å²) in [6.45, 7) is 1.20. The van der Waals surface area contributed by atoms with E-state index in [2.05, 4.69) is 0 Å². The highest BCUT2D eigenvalue weighted by Gasteiger charge is 2.11. The number of hydrogen-bond donors (Lipinski definition) is 0. The van der Waals surface area contributed by atoms with E-state index in [9.17, 15) is 13.2 Å². The van der Waals surface area contributed by atoms with Crippen LogP contribution < -0.4 is 5.46 Å². The van der Waals surface area contributed by atoms with Gasteiger partial charge in [-0.05, 0) is 18.5 Å². The molecule has 0 N–H and O–H groups in total. The SMILES string of the molecule is Bc1cc(F)c(C)c(F)c1F. The van der Waals surface area contributed by atoms with Crippen molar-refractivity contribution in [2.75, 3.05) is 0 Å². The average Bonchev–Trinajstić information content (AvgIpc) is 1.97. The lowest BCUT2D eigenvalue weighted by atomic mass is 9.94. The lowest BCUT2D eigenvalue weighted by Gasteiger charge is -2.02. The highest BCUT2D eigenvalue weighted by molar-refractivity contribution is 6.32. The first kappa shape index (κ1) is 8.17. The van der Waals surface area contributed by atoms with Crippen LogP contribution in [0.15, 0.2) is 6.07 Å². The van der Waals surface area contributed by atoms with Crippen LogP contribution in [0.25, 0.3) is 0 Å². The zero-order valence-corrected chi connectivity index (χ0v) is 6.21. The van der Waals surface area contributed by atoms with Gasteiger partial charge in [0, 0.05) is 5.56 Å². The van der Waals surface area contributed by atoms with Crippen LogP contribution >= 0.6 is 0 Å². The van der Waals surface area contributed by atoms with Crippen LogP contribution in [0.1, 0.15) is 5.56 Å². The van der Waals surface area contributed by atoms with Gasteiger partial charge in [-0.25, -0.2) is 13.2 Å². The van der Waals surface area contributed by atoms with E-state index in [1.54, 1.807) is 0 Å².